The van der Waals surface area contributed by atoms with E-state index >= 15 is 0 Å². The second-order valence-corrected chi connectivity index (χ2v) is 5.33. The van der Waals surface area contributed by atoms with E-state index in [1.54, 1.807) is 18.0 Å². The number of hydrogen-bond acceptors (Lipinski definition) is 2. The number of carbonyl (C=O) groups is 1. The molecule has 1 aliphatic heterocycles. The molecule has 7 heteroatoms. The second kappa shape index (κ2) is 5.75. The highest BCUT2D eigenvalue weighted by Crippen LogP contribution is 2.25. The molecule has 0 fully saturated rings. The summed E-state index contributed by atoms with van der Waals surface area (Å²) < 4.78 is 26.7. The number of fused-ring (bicyclic) bond motifs is 1. The molecule has 2 aromatic rings. The summed E-state index contributed by atoms with van der Waals surface area (Å²) in [7, 11) is 0. The first-order chi connectivity index (χ1) is 10.6. The number of nitrogens with zero attached hydrogens (tertiary/aromatic N) is 2. The van der Waals surface area contributed by atoms with Gasteiger partial charge in [0.2, 0.25) is 0 Å². The molecule has 2 heterocycles. The molecule has 0 bridgehead atoms. The zero-order chi connectivity index (χ0) is 15.7. The lowest BCUT2D eigenvalue weighted by Crippen LogP contribution is -2.43. The monoisotopic (exact) mass is 306 g/mol. The van der Waals surface area contributed by atoms with E-state index in [0.29, 0.717) is 6.54 Å². The molecule has 0 unspecified atom stereocenters. The lowest BCUT2D eigenvalue weighted by Gasteiger charge is -2.28. The van der Waals surface area contributed by atoms with Crippen LogP contribution in [0.1, 0.15) is 30.6 Å². The largest absolute Gasteiger partial charge is 0.331 e. The Bertz CT molecular complexity index is 701. The van der Waals surface area contributed by atoms with E-state index in [4.69, 9.17) is 0 Å². The van der Waals surface area contributed by atoms with Crippen molar-refractivity contribution in [2.45, 2.75) is 25.8 Å². The number of aromatic nitrogens is 2. The fourth-order valence-electron chi connectivity index (χ4n) is 2.66. The van der Waals surface area contributed by atoms with Crippen LogP contribution < -0.4 is 10.2 Å². The van der Waals surface area contributed by atoms with Gasteiger partial charge in [-0.05, 0) is 25.8 Å². The van der Waals surface area contributed by atoms with E-state index in [1.807, 2.05) is 0 Å². The van der Waals surface area contributed by atoms with Crippen LogP contribution in [0.15, 0.2) is 24.4 Å². The number of benzene rings is 1. The van der Waals surface area contributed by atoms with Crippen LogP contribution in [-0.2, 0) is 6.42 Å². The van der Waals surface area contributed by atoms with Gasteiger partial charge >= 0.3 is 6.03 Å². The Morgan fingerprint density at radius 3 is 3.05 bits per heavy atom. The van der Waals surface area contributed by atoms with Crippen molar-refractivity contribution in [1.29, 1.82) is 0 Å². The molecule has 0 saturated carbocycles. The number of H-pyrrole nitrogens is 1. The zero-order valence-corrected chi connectivity index (χ0v) is 12.1. The molecule has 0 radical (unpaired) electrons. The van der Waals surface area contributed by atoms with E-state index in [-0.39, 0.29) is 11.6 Å². The third-order valence-corrected chi connectivity index (χ3v) is 3.81. The van der Waals surface area contributed by atoms with E-state index < -0.39 is 17.7 Å². The van der Waals surface area contributed by atoms with Crippen LogP contribution in [0.4, 0.5) is 19.3 Å². The van der Waals surface area contributed by atoms with Gasteiger partial charge in [0.25, 0.3) is 0 Å². The minimum Gasteiger partial charge on any atom is -0.331 e. The third-order valence-electron chi connectivity index (χ3n) is 3.81. The fourth-order valence-corrected chi connectivity index (χ4v) is 2.66. The summed E-state index contributed by atoms with van der Waals surface area (Å²) in [5.74, 6) is -1.31. The number of rotatable bonds is 2. The van der Waals surface area contributed by atoms with E-state index in [1.165, 1.54) is 12.1 Å². The number of aromatic amines is 1. The summed E-state index contributed by atoms with van der Waals surface area (Å²) in [6, 6.07) is 2.45. The summed E-state index contributed by atoms with van der Waals surface area (Å²) in [5.41, 5.74) is 1.91. The van der Waals surface area contributed by atoms with Crippen molar-refractivity contribution in [2.75, 3.05) is 11.4 Å². The van der Waals surface area contributed by atoms with Crippen LogP contribution >= 0.6 is 0 Å². The van der Waals surface area contributed by atoms with Crippen molar-refractivity contribution in [3.8, 4) is 0 Å². The molecule has 5 nitrogen and oxygen atoms in total. The Morgan fingerprint density at radius 2 is 2.27 bits per heavy atom. The van der Waals surface area contributed by atoms with Crippen molar-refractivity contribution in [3.63, 3.8) is 0 Å². The Balaban J connectivity index is 1.75. The molecular formula is C15H16F2N4O. The van der Waals surface area contributed by atoms with E-state index in [0.717, 1.165) is 30.3 Å². The van der Waals surface area contributed by atoms with Crippen LogP contribution in [0.25, 0.3) is 0 Å². The van der Waals surface area contributed by atoms with Gasteiger partial charge in [-0.1, -0.05) is 6.07 Å². The molecule has 2 amide bonds. The highest BCUT2D eigenvalue weighted by Gasteiger charge is 2.25. The quantitative estimate of drug-likeness (QED) is 0.896. The molecule has 1 aromatic heterocycles. The maximum Gasteiger partial charge on any atom is 0.322 e. The van der Waals surface area contributed by atoms with Crippen LogP contribution in [0, 0.1) is 11.6 Å². The maximum atomic E-state index is 13.8. The molecule has 0 aliphatic carbocycles. The standard InChI is InChI=1S/C15H16F2N4O/c1-9(11-5-4-10(16)7-12(11)17)19-15(22)21-6-2-3-13-14(21)8-18-20-13/h4-5,7-9H,2-3,6H2,1H3,(H,18,20)(H,19,22)/t9-/m0/s1. The molecule has 1 aliphatic rings. The molecule has 0 spiro atoms. The van der Waals surface area contributed by atoms with Crippen molar-refractivity contribution in [1.82, 2.24) is 15.5 Å². The second-order valence-electron chi connectivity index (χ2n) is 5.33. The molecule has 0 saturated heterocycles. The molecular weight excluding hydrogens is 290 g/mol. The molecule has 116 valence electrons. The Kier molecular flexibility index (Phi) is 3.79. The SMILES string of the molecule is C[C@H](NC(=O)N1CCCc2[nH]ncc21)c1ccc(F)cc1F. The van der Waals surface area contributed by atoms with E-state index in [9.17, 15) is 13.6 Å². The lowest BCUT2D eigenvalue weighted by atomic mass is 10.1. The summed E-state index contributed by atoms with van der Waals surface area (Å²) in [4.78, 5) is 14.0. The minimum atomic E-state index is -0.671. The first-order valence-electron chi connectivity index (χ1n) is 7.11. The number of nitrogens with one attached hydrogen (secondary N) is 2. The first kappa shape index (κ1) is 14.5. The number of aryl methyl sites for hydroxylation is 1. The zero-order valence-electron chi connectivity index (χ0n) is 12.1. The van der Waals surface area contributed by atoms with E-state index in [2.05, 4.69) is 15.5 Å². The molecule has 1 atom stereocenters. The van der Waals surface area contributed by atoms with Gasteiger partial charge in [-0.15, -0.1) is 0 Å². The first-order valence-corrected chi connectivity index (χ1v) is 7.11. The van der Waals surface area contributed by atoms with Gasteiger partial charge in [0, 0.05) is 18.2 Å². The van der Waals surface area contributed by atoms with Crippen LogP contribution in [-0.4, -0.2) is 22.8 Å². The smallest absolute Gasteiger partial charge is 0.322 e. The summed E-state index contributed by atoms with van der Waals surface area (Å²) >= 11 is 0. The Hall–Kier alpha value is -2.44. The minimum absolute atomic E-state index is 0.249. The molecule has 22 heavy (non-hydrogen) atoms. The summed E-state index contributed by atoms with van der Waals surface area (Å²) in [6.45, 7) is 2.24. The number of hydrogen-bond donors (Lipinski definition) is 2. The van der Waals surface area contributed by atoms with Gasteiger partial charge in [0.05, 0.1) is 23.6 Å². The highest BCUT2D eigenvalue weighted by molar-refractivity contribution is 5.93. The topological polar surface area (TPSA) is 61.0 Å². The molecule has 1 aromatic carbocycles. The van der Waals surface area contributed by atoms with Gasteiger partial charge in [-0.25, -0.2) is 13.6 Å². The van der Waals surface area contributed by atoms with Gasteiger partial charge in [-0.3, -0.25) is 10.00 Å². The normalized spacial score (nSPS) is 15.3. The number of urea groups is 1. The lowest BCUT2D eigenvalue weighted by molar-refractivity contribution is 0.242. The number of amides is 2. The summed E-state index contributed by atoms with van der Waals surface area (Å²) in [5, 5.41) is 9.56. The average Bonchev–Trinajstić information content (AvgIpc) is 2.95. The average molecular weight is 306 g/mol. The predicted molar refractivity (Wildman–Crippen MR) is 77.6 cm³/mol. The van der Waals surface area contributed by atoms with Gasteiger partial charge in [0.1, 0.15) is 11.6 Å². The molecule has 3 rings (SSSR count). The van der Waals surface area contributed by atoms with Crippen molar-refractivity contribution in [3.05, 3.63) is 47.3 Å². The number of carbonyl (C=O) groups excluding carboxylic acids is 1. The van der Waals surface area contributed by atoms with Gasteiger partial charge < -0.3 is 5.32 Å². The number of anilines is 1. The van der Waals surface area contributed by atoms with Gasteiger partial charge in [-0.2, -0.15) is 5.10 Å². The van der Waals surface area contributed by atoms with Crippen LogP contribution in [0.5, 0.6) is 0 Å². The highest BCUT2D eigenvalue weighted by atomic mass is 19.1. The van der Waals surface area contributed by atoms with Gasteiger partial charge in [0.15, 0.2) is 0 Å². The number of halogens is 2. The van der Waals surface area contributed by atoms with Crippen LogP contribution in [0.3, 0.4) is 0 Å². The molecule has 2 N–H and O–H groups in total. The fraction of sp³-hybridized carbons (Fsp3) is 0.333. The Labute approximate surface area is 126 Å². The van der Waals surface area contributed by atoms with Crippen molar-refractivity contribution < 1.29 is 13.6 Å². The maximum absolute atomic E-state index is 13.8. The van der Waals surface area contributed by atoms with Crippen molar-refractivity contribution >= 4 is 11.7 Å². The van der Waals surface area contributed by atoms with Crippen LogP contribution in [0.2, 0.25) is 0 Å². The third kappa shape index (κ3) is 2.66. The van der Waals surface area contributed by atoms with Crippen molar-refractivity contribution in [2.24, 2.45) is 0 Å². The Morgan fingerprint density at radius 1 is 1.45 bits per heavy atom. The summed E-state index contributed by atoms with van der Waals surface area (Å²) in [6.07, 6.45) is 3.29. The predicted octanol–water partition coefficient (Wildman–Crippen LogP) is 2.91.